The van der Waals surface area contributed by atoms with Crippen LogP contribution in [-0.2, 0) is 6.42 Å². The van der Waals surface area contributed by atoms with Crippen LogP contribution in [-0.4, -0.2) is 9.78 Å². The minimum absolute atomic E-state index is 1.08. The number of nitrogens with zero attached hydrogens (tertiary/aromatic N) is 2. The van der Waals surface area contributed by atoms with E-state index in [9.17, 15) is 0 Å². The number of rotatable bonds is 1. The summed E-state index contributed by atoms with van der Waals surface area (Å²) < 4.78 is 2.06. The highest BCUT2D eigenvalue weighted by molar-refractivity contribution is 5.46. The second-order valence-corrected chi connectivity index (χ2v) is 2.82. The first-order valence-electron chi connectivity index (χ1n) is 4.14. The first kappa shape index (κ1) is 6.65. The largest absolute Gasteiger partial charge is 0.242 e. The van der Waals surface area contributed by atoms with Gasteiger partial charge in [0.2, 0.25) is 0 Å². The number of hydrogen-bond donors (Lipinski definition) is 0. The topological polar surface area (TPSA) is 17.8 Å². The van der Waals surface area contributed by atoms with Crippen molar-refractivity contribution >= 4 is 5.70 Å². The molecule has 58 valence electrons. The molecule has 2 heteroatoms. The van der Waals surface area contributed by atoms with E-state index in [1.54, 1.807) is 0 Å². The van der Waals surface area contributed by atoms with Crippen LogP contribution in [0.3, 0.4) is 0 Å². The fourth-order valence-electron chi connectivity index (χ4n) is 1.55. The lowest BCUT2D eigenvalue weighted by molar-refractivity contribution is 0.754. The molecule has 1 aliphatic rings. The molecule has 2 heterocycles. The molecule has 1 aromatic heterocycles. The molecule has 11 heavy (non-hydrogen) atoms. The molecule has 1 aliphatic heterocycles. The molecule has 0 fully saturated rings. The number of allylic oxidation sites excluding steroid dienone is 2. The van der Waals surface area contributed by atoms with Gasteiger partial charge in [0.25, 0.3) is 0 Å². The number of aryl methyl sites for hydroxylation is 1. The molecular weight excluding hydrogens is 136 g/mol. The molecule has 0 amide bonds. The number of aromatic nitrogens is 2. The lowest BCUT2D eigenvalue weighted by atomic mass is 10.1. The van der Waals surface area contributed by atoms with Gasteiger partial charge in [-0.3, -0.25) is 0 Å². The van der Waals surface area contributed by atoms with Gasteiger partial charge in [-0.15, -0.1) is 0 Å². The summed E-state index contributed by atoms with van der Waals surface area (Å²) in [6, 6.07) is 2.10. The van der Waals surface area contributed by atoms with Crippen LogP contribution in [0.25, 0.3) is 5.70 Å². The first-order valence-corrected chi connectivity index (χ1v) is 4.14. The maximum atomic E-state index is 4.26. The van der Waals surface area contributed by atoms with Crippen molar-refractivity contribution in [2.45, 2.75) is 26.2 Å². The van der Waals surface area contributed by atoms with E-state index in [2.05, 4.69) is 28.8 Å². The summed E-state index contributed by atoms with van der Waals surface area (Å²) >= 11 is 0. The Balaban J connectivity index is 2.45. The highest BCUT2D eigenvalue weighted by Gasteiger charge is 2.09. The molecule has 1 aromatic rings. The minimum atomic E-state index is 1.08. The van der Waals surface area contributed by atoms with E-state index in [1.807, 2.05) is 6.20 Å². The zero-order valence-corrected chi connectivity index (χ0v) is 6.75. The monoisotopic (exact) mass is 148 g/mol. The van der Waals surface area contributed by atoms with Crippen LogP contribution in [0.5, 0.6) is 0 Å². The lowest BCUT2D eigenvalue weighted by Crippen LogP contribution is -2.07. The Labute approximate surface area is 66.5 Å². The lowest BCUT2D eigenvalue weighted by Gasteiger charge is -2.13. The Morgan fingerprint density at radius 3 is 3.36 bits per heavy atom. The van der Waals surface area contributed by atoms with Crippen molar-refractivity contribution < 1.29 is 0 Å². The van der Waals surface area contributed by atoms with E-state index in [1.165, 1.54) is 17.8 Å². The van der Waals surface area contributed by atoms with Crippen molar-refractivity contribution in [3.8, 4) is 0 Å². The maximum Gasteiger partial charge on any atom is 0.0496 e. The van der Waals surface area contributed by atoms with E-state index in [4.69, 9.17) is 0 Å². The van der Waals surface area contributed by atoms with Gasteiger partial charge in [0.15, 0.2) is 0 Å². The third-order valence-electron chi connectivity index (χ3n) is 2.14. The second-order valence-electron chi connectivity index (χ2n) is 2.82. The highest BCUT2D eigenvalue weighted by atomic mass is 15.3. The van der Waals surface area contributed by atoms with Crippen molar-refractivity contribution in [2.24, 2.45) is 0 Å². The molecule has 2 rings (SSSR count). The molecule has 0 unspecified atom stereocenters. The summed E-state index contributed by atoms with van der Waals surface area (Å²) in [7, 11) is 0. The van der Waals surface area contributed by atoms with Crippen molar-refractivity contribution in [2.75, 3.05) is 0 Å². The van der Waals surface area contributed by atoms with Gasteiger partial charge >= 0.3 is 0 Å². The zero-order valence-electron chi connectivity index (χ0n) is 6.75. The van der Waals surface area contributed by atoms with E-state index < -0.39 is 0 Å². The van der Waals surface area contributed by atoms with Crippen molar-refractivity contribution in [3.05, 3.63) is 24.0 Å². The fraction of sp³-hybridized carbons (Fsp3) is 0.444. The van der Waals surface area contributed by atoms with Crippen molar-refractivity contribution in [1.82, 2.24) is 9.78 Å². The predicted molar refractivity (Wildman–Crippen MR) is 45.1 cm³/mol. The summed E-state index contributed by atoms with van der Waals surface area (Å²) in [5, 5.41) is 4.26. The van der Waals surface area contributed by atoms with Gasteiger partial charge in [0.05, 0.1) is 0 Å². The molecular formula is C9H12N2. The average molecular weight is 148 g/mol. The number of fused-ring (bicyclic) bond motifs is 1. The van der Waals surface area contributed by atoms with Gasteiger partial charge in [0.1, 0.15) is 0 Å². The molecule has 0 aromatic carbocycles. The maximum absolute atomic E-state index is 4.26. The summed E-state index contributed by atoms with van der Waals surface area (Å²) in [6.07, 6.45) is 7.55. The van der Waals surface area contributed by atoms with Crippen LogP contribution in [0.4, 0.5) is 0 Å². The van der Waals surface area contributed by atoms with Crippen molar-refractivity contribution in [1.29, 1.82) is 0 Å². The Hall–Kier alpha value is -1.05. The summed E-state index contributed by atoms with van der Waals surface area (Å²) in [5.41, 5.74) is 2.70. The van der Waals surface area contributed by atoms with Gasteiger partial charge in [-0.1, -0.05) is 13.0 Å². The molecule has 0 spiro atoms. The Bertz CT molecular complexity index is 284. The molecule has 2 nitrogen and oxygen atoms in total. The third kappa shape index (κ3) is 0.985. The SMILES string of the molecule is CCC1=CCCc2ccnn21. The summed E-state index contributed by atoms with van der Waals surface area (Å²) in [4.78, 5) is 0. The van der Waals surface area contributed by atoms with Gasteiger partial charge in [0, 0.05) is 17.6 Å². The van der Waals surface area contributed by atoms with Gasteiger partial charge in [-0.2, -0.15) is 5.10 Å². The molecule has 0 atom stereocenters. The van der Waals surface area contributed by atoms with Gasteiger partial charge in [-0.05, 0) is 25.3 Å². The van der Waals surface area contributed by atoms with Crippen LogP contribution in [0.1, 0.15) is 25.5 Å². The van der Waals surface area contributed by atoms with Crippen LogP contribution in [0, 0.1) is 0 Å². The zero-order chi connectivity index (χ0) is 7.68. The normalized spacial score (nSPS) is 15.9. The molecule has 0 aliphatic carbocycles. The third-order valence-corrected chi connectivity index (χ3v) is 2.14. The van der Waals surface area contributed by atoms with Crippen molar-refractivity contribution in [3.63, 3.8) is 0 Å². The second kappa shape index (κ2) is 2.53. The predicted octanol–water partition coefficient (Wildman–Crippen LogP) is 2.08. The quantitative estimate of drug-likeness (QED) is 0.596. The Morgan fingerprint density at radius 1 is 1.64 bits per heavy atom. The fourth-order valence-corrected chi connectivity index (χ4v) is 1.55. The number of hydrogen-bond acceptors (Lipinski definition) is 1. The minimum Gasteiger partial charge on any atom is -0.242 e. The molecule has 0 saturated heterocycles. The summed E-state index contributed by atoms with van der Waals surface area (Å²) in [5.74, 6) is 0. The van der Waals surface area contributed by atoms with Gasteiger partial charge < -0.3 is 0 Å². The first-order chi connectivity index (χ1) is 5.42. The smallest absolute Gasteiger partial charge is 0.0496 e. The van der Waals surface area contributed by atoms with E-state index in [0.29, 0.717) is 0 Å². The van der Waals surface area contributed by atoms with E-state index >= 15 is 0 Å². The van der Waals surface area contributed by atoms with Crippen LogP contribution >= 0.6 is 0 Å². The Morgan fingerprint density at radius 2 is 2.55 bits per heavy atom. The van der Waals surface area contributed by atoms with E-state index in [-0.39, 0.29) is 0 Å². The standard InChI is InChI=1S/C9H12N2/c1-2-8-4-3-5-9-6-7-10-11(8)9/h4,6-7H,2-3,5H2,1H3. The molecule has 0 bridgehead atoms. The molecule has 0 N–H and O–H groups in total. The van der Waals surface area contributed by atoms with Crippen LogP contribution in [0.2, 0.25) is 0 Å². The van der Waals surface area contributed by atoms with Gasteiger partial charge in [-0.25, -0.2) is 4.68 Å². The van der Waals surface area contributed by atoms with Crippen LogP contribution < -0.4 is 0 Å². The Kier molecular flexibility index (Phi) is 1.53. The average Bonchev–Trinajstić information content (AvgIpc) is 2.50. The molecule has 0 saturated carbocycles. The highest BCUT2D eigenvalue weighted by Crippen LogP contribution is 2.19. The van der Waals surface area contributed by atoms with E-state index in [0.717, 1.165) is 12.8 Å². The summed E-state index contributed by atoms with van der Waals surface area (Å²) in [6.45, 7) is 2.17. The molecule has 0 radical (unpaired) electrons. The van der Waals surface area contributed by atoms with Crippen LogP contribution in [0.15, 0.2) is 18.3 Å².